The number of hydrogen-bond donors (Lipinski definition) is 0. The van der Waals surface area contributed by atoms with Gasteiger partial charge in [-0.2, -0.15) is 9.98 Å². The average molecular weight is 307 g/mol. The first-order valence-corrected chi connectivity index (χ1v) is 6.34. The van der Waals surface area contributed by atoms with Crippen LogP contribution in [0.1, 0.15) is 5.56 Å². The lowest BCUT2D eigenvalue weighted by molar-refractivity contribution is 0.510. The molecule has 0 radical (unpaired) electrons. The van der Waals surface area contributed by atoms with Crippen molar-refractivity contribution in [2.24, 2.45) is 9.98 Å². The molecule has 20 heavy (non-hydrogen) atoms. The second kappa shape index (κ2) is 5.58. The average Bonchev–Trinajstić information content (AvgIpc) is 2.43. The molecule has 1 aromatic rings. The second-order valence-electron chi connectivity index (χ2n) is 4.01. The van der Waals surface area contributed by atoms with E-state index in [1.807, 2.05) is 6.07 Å². The lowest BCUT2D eigenvalue weighted by Gasteiger charge is -2.36. The summed E-state index contributed by atoms with van der Waals surface area (Å²) in [4.78, 5) is 28.7. The van der Waals surface area contributed by atoms with Crippen LogP contribution in [0.4, 0.5) is 0 Å². The third-order valence-corrected chi connectivity index (χ3v) is 3.69. The van der Waals surface area contributed by atoms with Crippen molar-refractivity contribution in [3.63, 3.8) is 0 Å². The van der Waals surface area contributed by atoms with Crippen molar-refractivity contribution >= 4 is 40.9 Å². The first-order valence-electron chi connectivity index (χ1n) is 5.59. The van der Waals surface area contributed by atoms with Crippen LogP contribution in [-0.4, -0.2) is 22.2 Å². The quantitative estimate of drug-likeness (QED) is 0.489. The van der Waals surface area contributed by atoms with Gasteiger partial charge in [-0.1, -0.05) is 65.7 Å². The largest absolute Gasteiger partial charge is 0.238 e. The molecule has 0 fully saturated rings. The molecule has 0 saturated carbocycles. The highest BCUT2D eigenvalue weighted by Gasteiger charge is 2.53. The second-order valence-corrected chi connectivity index (χ2v) is 5.39. The zero-order chi connectivity index (χ0) is 14.6. The molecule has 2 rings (SSSR count). The predicted molar refractivity (Wildman–Crippen MR) is 77.0 cm³/mol. The summed E-state index contributed by atoms with van der Waals surface area (Å²) in [5.41, 5.74) is -0.701. The van der Waals surface area contributed by atoms with Gasteiger partial charge in [-0.25, -0.2) is 9.59 Å². The van der Waals surface area contributed by atoms with Gasteiger partial charge in [-0.05, 0) is 11.6 Å². The van der Waals surface area contributed by atoms with E-state index in [1.54, 1.807) is 36.4 Å². The number of allylic oxidation sites excluding steroid dienone is 2. The van der Waals surface area contributed by atoms with Gasteiger partial charge in [0.25, 0.3) is 0 Å². The van der Waals surface area contributed by atoms with Crippen molar-refractivity contribution in [2.75, 3.05) is 0 Å². The molecule has 0 N–H and O–H groups in total. The van der Waals surface area contributed by atoms with Gasteiger partial charge in [0.05, 0.1) is 0 Å². The van der Waals surface area contributed by atoms with Crippen LogP contribution in [0.3, 0.4) is 0 Å². The summed E-state index contributed by atoms with van der Waals surface area (Å²) in [5, 5.41) is 0. The highest BCUT2D eigenvalue weighted by atomic mass is 35.5. The first-order chi connectivity index (χ1) is 9.57. The van der Waals surface area contributed by atoms with Gasteiger partial charge in [-0.15, -0.1) is 0 Å². The summed E-state index contributed by atoms with van der Waals surface area (Å²) in [7, 11) is 0. The van der Waals surface area contributed by atoms with E-state index >= 15 is 0 Å². The third-order valence-electron chi connectivity index (χ3n) is 2.91. The summed E-state index contributed by atoms with van der Waals surface area (Å²) >= 11 is 12.4. The molecule has 0 heterocycles. The number of nitrogens with zero attached hydrogens (tertiary/aromatic N) is 2. The minimum atomic E-state index is -1.80. The van der Waals surface area contributed by atoms with Gasteiger partial charge in [0.15, 0.2) is 4.33 Å². The standard InChI is InChI=1S/C14H8Cl2N2O2/c15-13(16)8-4-7-12(11-5-2-1-3-6-11)14(13,17-9-19)18-10-20/h1-8H. The van der Waals surface area contributed by atoms with Gasteiger partial charge < -0.3 is 0 Å². The Labute approximate surface area is 125 Å². The normalized spacial score (nSPS) is 23.2. The predicted octanol–water partition coefficient (Wildman–Crippen LogP) is 3.18. The molecule has 0 aromatic heterocycles. The minimum absolute atomic E-state index is 0.414. The molecule has 0 bridgehead atoms. The van der Waals surface area contributed by atoms with Crippen LogP contribution in [0, 0.1) is 0 Å². The molecule has 1 aliphatic rings. The van der Waals surface area contributed by atoms with E-state index in [-0.39, 0.29) is 0 Å². The fraction of sp³-hybridized carbons (Fsp3) is 0.143. The smallest absolute Gasteiger partial charge is 0.211 e. The molecule has 0 aliphatic heterocycles. The lowest BCUT2D eigenvalue weighted by atomic mass is 9.86. The van der Waals surface area contributed by atoms with E-state index in [2.05, 4.69) is 9.98 Å². The SMILES string of the molecule is O=C=NC1(N=C=O)C(c2ccccc2)=CC=CC1(Cl)Cl. The van der Waals surface area contributed by atoms with E-state index in [4.69, 9.17) is 23.2 Å². The van der Waals surface area contributed by atoms with E-state index < -0.39 is 10.00 Å². The Morgan fingerprint density at radius 2 is 1.60 bits per heavy atom. The Morgan fingerprint density at radius 3 is 2.15 bits per heavy atom. The Kier molecular flexibility index (Phi) is 4.03. The summed E-state index contributed by atoms with van der Waals surface area (Å²) in [6.07, 6.45) is 7.40. The fourth-order valence-corrected chi connectivity index (χ4v) is 2.54. The van der Waals surface area contributed by atoms with Crippen LogP contribution in [0.5, 0.6) is 0 Å². The monoisotopic (exact) mass is 306 g/mol. The molecular formula is C14H8Cl2N2O2. The van der Waals surface area contributed by atoms with E-state index in [0.717, 1.165) is 0 Å². The Balaban J connectivity index is 2.75. The summed E-state index contributed by atoms with van der Waals surface area (Å²) in [6.45, 7) is 0. The van der Waals surface area contributed by atoms with Gasteiger partial charge in [0.1, 0.15) is 0 Å². The molecule has 0 unspecified atom stereocenters. The maximum atomic E-state index is 10.8. The van der Waals surface area contributed by atoms with Crippen LogP contribution in [0.15, 0.2) is 58.5 Å². The number of carbonyl (C=O) groups excluding carboxylic acids is 2. The minimum Gasteiger partial charge on any atom is -0.211 e. The van der Waals surface area contributed by atoms with Crippen molar-refractivity contribution in [1.82, 2.24) is 0 Å². The Morgan fingerprint density at radius 1 is 1.00 bits per heavy atom. The van der Waals surface area contributed by atoms with Crippen LogP contribution >= 0.6 is 23.2 Å². The Bertz CT molecular complexity index is 650. The van der Waals surface area contributed by atoms with Crippen LogP contribution in [-0.2, 0) is 9.59 Å². The molecule has 1 aromatic carbocycles. The van der Waals surface area contributed by atoms with Crippen molar-refractivity contribution in [3.05, 3.63) is 54.1 Å². The molecule has 100 valence electrons. The van der Waals surface area contributed by atoms with Gasteiger partial charge >= 0.3 is 0 Å². The van der Waals surface area contributed by atoms with Gasteiger partial charge in [0.2, 0.25) is 17.8 Å². The number of isocyanates is 2. The van der Waals surface area contributed by atoms with Crippen LogP contribution in [0.25, 0.3) is 5.57 Å². The highest BCUT2D eigenvalue weighted by molar-refractivity contribution is 6.52. The maximum absolute atomic E-state index is 10.8. The fourth-order valence-electron chi connectivity index (χ4n) is 2.02. The van der Waals surface area contributed by atoms with E-state index in [1.165, 1.54) is 18.2 Å². The third kappa shape index (κ3) is 2.26. The maximum Gasteiger partial charge on any atom is 0.238 e. The number of alkyl halides is 2. The zero-order valence-corrected chi connectivity index (χ0v) is 11.6. The number of hydrogen-bond acceptors (Lipinski definition) is 4. The summed E-state index contributed by atoms with van der Waals surface area (Å²) in [5.74, 6) is 0. The van der Waals surface area contributed by atoms with Crippen molar-refractivity contribution in [2.45, 2.75) is 10.00 Å². The molecule has 0 atom stereocenters. The van der Waals surface area contributed by atoms with E-state index in [9.17, 15) is 9.59 Å². The van der Waals surface area contributed by atoms with E-state index in [0.29, 0.717) is 11.1 Å². The lowest BCUT2D eigenvalue weighted by Crippen LogP contribution is -2.44. The molecular weight excluding hydrogens is 299 g/mol. The van der Waals surface area contributed by atoms with Gasteiger partial charge in [0, 0.05) is 5.57 Å². The number of halogens is 2. The number of benzene rings is 1. The van der Waals surface area contributed by atoms with Crippen LogP contribution in [0.2, 0.25) is 0 Å². The molecule has 0 amide bonds. The molecule has 4 nitrogen and oxygen atoms in total. The zero-order valence-electron chi connectivity index (χ0n) is 10.1. The topological polar surface area (TPSA) is 58.9 Å². The molecule has 0 spiro atoms. The van der Waals surface area contributed by atoms with Crippen molar-refractivity contribution in [1.29, 1.82) is 0 Å². The first kappa shape index (κ1) is 14.4. The highest BCUT2D eigenvalue weighted by Crippen LogP contribution is 2.49. The van der Waals surface area contributed by atoms with Crippen molar-refractivity contribution in [3.8, 4) is 0 Å². The summed E-state index contributed by atoms with van der Waals surface area (Å²) < 4.78 is -1.69. The summed E-state index contributed by atoms with van der Waals surface area (Å²) in [6, 6.07) is 8.94. The molecule has 0 saturated heterocycles. The van der Waals surface area contributed by atoms with Crippen LogP contribution < -0.4 is 0 Å². The Hall–Kier alpha value is -1.96. The molecule has 6 heteroatoms. The van der Waals surface area contributed by atoms with Crippen molar-refractivity contribution < 1.29 is 9.59 Å². The molecule has 1 aliphatic carbocycles. The number of aliphatic imine (C=N–C) groups is 2. The number of rotatable bonds is 3. The van der Waals surface area contributed by atoms with Gasteiger partial charge in [-0.3, -0.25) is 0 Å².